The van der Waals surface area contributed by atoms with Crippen LogP contribution in [-0.4, -0.2) is 59.8 Å². The normalized spacial score (nSPS) is 14.0. The molecule has 3 heterocycles. The zero-order valence-corrected chi connectivity index (χ0v) is 16.4. The molecule has 0 atom stereocenters. The summed E-state index contributed by atoms with van der Waals surface area (Å²) in [6.07, 6.45) is 4.52. The summed E-state index contributed by atoms with van der Waals surface area (Å²) in [7, 11) is 3.27. The highest BCUT2D eigenvalue weighted by Crippen LogP contribution is 2.37. The van der Waals surface area contributed by atoms with Crippen LogP contribution >= 0.6 is 0 Å². The van der Waals surface area contributed by atoms with Gasteiger partial charge in [-0.3, -0.25) is 4.79 Å². The molecule has 1 aliphatic rings. The fourth-order valence-electron chi connectivity index (χ4n) is 3.70. The molecule has 0 unspecified atom stereocenters. The van der Waals surface area contributed by atoms with Crippen molar-refractivity contribution in [3.05, 3.63) is 48.3 Å². The van der Waals surface area contributed by atoms with E-state index in [4.69, 9.17) is 14.6 Å². The number of aliphatic hydroxyl groups is 1. The highest BCUT2D eigenvalue weighted by atomic mass is 16.5. The molecule has 0 fully saturated rings. The van der Waals surface area contributed by atoms with Gasteiger partial charge in [-0.05, 0) is 41.8 Å². The number of nitrogens with one attached hydrogen (secondary N) is 1. The minimum Gasteiger partial charge on any atom is -0.497 e. The van der Waals surface area contributed by atoms with Crippen LogP contribution in [0.2, 0.25) is 0 Å². The molecule has 2 N–H and O–H groups in total. The lowest BCUT2D eigenvalue weighted by atomic mass is 10.0. The van der Waals surface area contributed by atoms with Crippen molar-refractivity contribution < 1.29 is 19.4 Å². The van der Waals surface area contributed by atoms with Crippen LogP contribution in [0.4, 0.5) is 0 Å². The van der Waals surface area contributed by atoms with Crippen LogP contribution in [0.1, 0.15) is 12.1 Å². The van der Waals surface area contributed by atoms with E-state index >= 15 is 0 Å². The molecule has 0 saturated heterocycles. The molecule has 4 rings (SSSR count). The Morgan fingerprint density at radius 1 is 1.21 bits per heavy atom. The van der Waals surface area contributed by atoms with Crippen LogP contribution in [0.15, 0.2) is 42.6 Å². The Labute approximate surface area is 168 Å². The van der Waals surface area contributed by atoms with E-state index in [1.165, 1.54) is 0 Å². The third-order valence-electron chi connectivity index (χ3n) is 5.27. The van der Waals surface area contributed by atoms with Crippen molar-refractivity contribution in [2.75, 3.05) is 33.9 Å². The smallest absolute Gasteiger partial charge is 0.248 e. The zero-order valence-electron chi connectivity index (χ0n) is 16.4. The Balaban J connectivity index is 1.72. The summed E-state index contributed by atoms with van der Waals surface area (Å²) in [4.78, 5) is 21.2. The van der Waals surface area contributed by atoms with Gasteiger partial charge in [0.05, 0.1) is 14.2 Å². The van der Waals surface area contributed by atoms with Gasteiger partial charge in [0.2, 0.25) is 5.91 Å². The summed E-state index contributed by atoms with van der Waals surface area (Å²) >= 11 is 0. The number of nitrogens with zero attached hydrogens (tertiary/aromatic N) is 2. The minimum absolute atomic E-state index is 0.243. The average molecular weight is 393 g/mol. The first-order valence-electron chi connectivity index (χ1n) is 9.42. The molecule has 0 bridgehead atoms. The van der Waals surface area contributed by atoms with Crippen molar-refractivity contribution in [3.63, 3.8) is 0 Å². The number of methoxy groups -OCH3 is 2. The minimum atomic E-state index is -0.452. The number of hydrogen-bond acceptors (Lipinski definition) is 5. The van der Waals surface area contributed by atoms with Gasteiger partial charge in [0.25, 0.3) is 0 Å². The monoisotopic (exact) mass is 393 g/mol. The zero-order chi connectivity index (χ0) is 20.4. The average Bonchev–Trinajstić information content (AvgIpc) is 3.22. The first kappa shape index (κ1) is 19.0. The van der Waals surface area contributed by atoms with Gasteiger partial charge in [0, 0.05) is 42.0 Å². The first-order chi connectivity index (χ1) is 14.1. The van der Waals surface area contributed by atoms with Gasteiger partial charge in [0.1, 0.15) is 23.8 Å². The Hall–Kier alpha value is -3.32. The molecule has 0 spiro atoms. The number of H-pyrrole nitrogens is 1. The Bertz CT molecular complexity index is 1090. The van der Waals surface area contributed by atoms with Crippen molar-refractivity contribution in [2.24, 2.45) is 0 Å². The van der Waals surface area contributed by atoms with E-state index in [2.05, 4.69) is 16.0 Å². The van der Waals surface area contributed by atoms with E-state index in [0.717, 1.165) is 51.3 Å². The van der Waals surface area contributed by atoms with Crippen molar-refractivity contribution >= 4 is 22.5 Å². The topological polar surface area (TPSA) is 87.7 Å². The highest BCUT2D eigenvalue weighted by Gasteiger charge is 2.19. The summed E-state index contributed by atoms with van der Waals surface area (Å²) in [5.74, 6) is 1.22. The van der Waals surface area contributed by atoms with Gasteiger partial charge in [-0.25, -0.2) is 4.98 Å². The van der Waals surface area contributed by atoms with Gasteiger partial charge in [-0.2, -0.15) is 0 Å². The number of ether oxygens (including phenoxy) is 2. The number of aromatic amines is 1. The molecule has 3 aromatic rings. The second kappa shape index (κ2) is 7.97. The SMILES string of the molecule is COc1ccc(-c2ccnc3[nH]c(C4=CCN(C(=O)CO)CC4)cc23)c(OC)c1. The van der Waals surface area contributed by atoms with Crippen LogP contribution in [0.3, 0.4) is 0 Å². The van der Waals surface area contributed by atoms with Crippen molar-refractivity contribution in [1.82, 2.24) is 14.9 Å². The third-order valence-corrected chi connectivity index (χ3v) is 5.27. The lowest BCUT2D eigenvalue weighted by Crippen LogP contribution is -2.36. The molecule has 1 amide bonds. The van der Waals surface area contributed by atoms with Gasteiger partial charge < -0.3 is 24.5 Å². The molecule has 1 aliphatic heterocycles. The molecule has 1 aromatic carbocycles. The molecule has 2 aromatic heterocycles. The Morgan fingerprint density at radius 2 is 2.07 bits per heavy atom. The largest absolute Gasteiger partial charge is 0.497 e. The van der Waals surface area contributed by atoms with E-state index in [9.17, 15) is 4.79 Å². The van der Waals surface area contributed by atoms with E-state index in [-0.39, 0.29) is 5.91 Å². The molecule has 0 aliphatic carbocycles. The summed E-state index contributed by atoms with van der Waals surface area (Å²) in [6.45, 7) is 0.635. The fourth-order valence-corrected chi connectivity index (χ4v) is 3.70. The number of rotatable bonds is 5. The lowest BCUT2D eigenvalue weighted by Gasteiger charge is -2.25. The number of pyridine rings is 1. The molecular weight excluding hydrogens is 370 g/mol. The van der Waals surface area contributed by atoms with Gasteiger partial charge in [-0.15, -0.1) is 0 Å². The first-order valence-corrected chi connectivity index (χ1v) is 9.42. The summed E-state index contributed by atoms with van der Waals surface area (Å²) in [6, 6.07) is 9.83. The van der Waals surface area contributed by atoms with Crippen LogP contribution in [0.5, 0.6) is 11.5 Å². The van der Waals surface area contributed by atoms with Gasteiger partial charge in [0.15, 0.2) is 0 Å². The predicted molar refractivity (Wildman–Crippen MR) is 111 cm³/mol. The van der Waals surface area contributed by atoms with E-state index in [1.807, 2.05) is 30.3 Å². The predicted octanol–water partition coefficient (Wildman–Crippen LogP) is 2.86. The Morgan fingerprint density at radius 3 is 2.76 bits per heavy atom. The number of hydrogen-bond donors (Lipinski definition) is 2. The van der Waals surface area contributed by atoms with E-state index < -0.39 is 6.61 Å². The number of aliphatic hydroxyl groups excluding tert-OH is 1. The highest BCUT2D eigenvalue weighted by molar-refractivity contribution is 5.97. The van der Waals surface area contributed by atoms with E-state index in [0.29, 0.717) is 13.1 Å². The summed E-state index contributed by atoms with van der Waals surface area (Å²) in [5.41, 5.74) is 4.90. The standard InChI is InChI=1S/C22H23N3O4/c1-28-15-3-4-17(20(11-15)29-2)16-5-8-23-22-18(16)12-19(24-22)14-6-9-25(10-7-14)21(27)13-26/h3-6,8,11-12,26H,7,9-10,13H2,1-2H3,(H,23,24). The quantitative estimate of drug-likeness (QED) is 0.696. The second-order valence-electron chi connectivity index (χ2n) is 6.85. The van der Waals surface area contributed by atoms with Crippen LogP contribution < -0.4 is 9.47 Å². The fraction of sp³-hybridized carbons (Fsp3) is 0.273. The van der Waals surface area contributed by atoms with Crippen molar-refractivity contribution in [2.45, 2.75) is 6.42 Å². The number of benzene rings is 1. The molecule has 150 valence electrons. The number of aromatic nitrogens is 2. The maximum absolute atomic E-state index is 11.7. The van der Waals surface area contributed by atoms with Gasteiger partial charge >= 0.3 is 0 Å². The summed E-state index contributed by atoms with van der Waals surface area (Å²) in [5, 5.41) is 10.0. The maximum atomic E-state index is 11.7. The van der Waals surface area contributed by atoms with Crippen LogP contribution in [0, 0.1) is 0 Å². The van der Waals surface area contributed by atoms with Crippen LogP contribution in [0.25, 0.3) is 27.7 Å². The lowest BCUT2D eigenvalue weighted by molar-refractivity contribution is -0.133. The Kier molecular flexibility index (Phi) is 5.22. The van der Waals surface area contributed by atoms with Crippen LogP contribution in [-0.2, 0) is 4.79 Å². The maximum Gasteiger partial charge on any atom is 0.248 e. The molecular formula is C22H23N3O4. The summed E-state index contributed by atoms with van der Waals surface area (Å²) < 4.78 is 10.9. The third kappa shape index (κ3) is 3.56. The van der Waals surface area contributed by atoms with Crippen molar-refractivity contribution in [1.29, 1.82) is 0 Å². The number of amides is 1. The molecule has 7 nitrogen and oxygen atoms in total. The molecule has 29 heavy (non-hydrogen) atoms. The number of fused-ring (bicyclic) bond motifs is 1. The number of carbonyl (C=O) groups excluding carboxylic acids is 1. The number of carbonyl (C=O) groups is 1. The van der Waals surface area contributed by atoms with Crippen molar-refractivity contribution in [3.8, 4) is 22.6 Å². The van der Waals surface area contributed by atoms with E-state index in [1.54, 1.807) is 25.3 Å². The second-order valence-corrected chi connectivity index (χ2v) is 6.85. The van der Waals surface area contributed by atoms with Gasteiger partial charge in [-0.1, -0.05) is 6.08 Å². The molecule has 0 radical (unpaired) electrons. The molecule has 0 saturated carbocycles. The molecule has 7 heteroatoms.